The molecule has 0 spiro atoms. The molecule has 0 aliphatic heterocycles. The summed E-state index contributed by atoms with van der Waals surface area (Å²) in [5.74, 6) is -0.654. The lowest BCUT2D eigenvalue weighted by molar-refractivity contribution is -0.175. The summed E-state index contributed by atoms with van der Waals surface area (Å²) in [5.41, 5.74) is 6.25. The molecular formula is C11H12ClF3N2O2. The van der Waals surface area contributed by atoms with Crippen LogP contribution < -0.4 is 10.6 Å². The first-order chi connectivity index (χ1) is 8.70. The second-order valence-electron chi connectivity index (χ2n) is 3.76. The molecule has 106 valence electrons. The molecule has 0 unspecified atom stereocenters. The lowest BCUT2D eigenvalue weighted by atomic mass is 10.2. The van der Waals surface area contributed by atoms with E-state index in [1.165, 1.54) is 19.2 Å². The summed E-state index contributed by atoms with van der Waals surface area (Å²) < 4.78 is 39.9. The zero-order valence-electron chi connectivity index (χ0n) is 10.00. The molecule has 0 radical (unpaired) electrons. The zero-order chi connectivity index (χ0) is 14.6. The fourth-order valence-electron chi connectivity index (χ4n) is 1.29. The van der Waals surface area contributed by atoms with Gasteiger partial charge in [0, 0.05) is 12.1 Å². The fraction of sp³-hybridized carbons (Fsp3) is 0.364. The Balaban J connectivity index is 2.64. The van der Waals surface area contributed by atoms with E-state index >= 15 is 0 Å². The monoisotopic (exact) mass is 296 g/mol. The van der Waals surface area contributed by atoms with Crippen molar-refractivity contribution in [2.45, 2.75) is 6.18 Å². The molecule has 0 fully saturated rings. The molecule has 0 saturated heterocycles. The van der Waals surface area contributed by atoms with Crippen LogP contribution in [0, 0.1) is 0 Å². The quantitative estimate of drug-likeness (QED) is 0.868. The van der Waals surface area contributed by atoms with E-state index in [-0.39, 0.29) is 5.69 Å². The molecule has 0 heterocycles. The fourth-order valence-corrected chi connectivity index (χ4v) is 1.46. The topological polar surface area (TPSA) is 55.6 Å². The van der Waals surface area contributed by atoms with Gasteiger partial charge in [0.2, 0.25) is 0 Å². The third-order valence-electron chi connectivity index (χ3n) is 2.22. The SMILES string of the molecule is CN(C(=O)COCC(F)(F)F)c1cc(Cl)ccc1N. The van der Waals surface area contributed by atoms with Gasteiger partial charge in [0.1, 0.15) is 13.2 Å². The number of amides is 1. The van der Waals surface area contributed by atoms with Crippen LogP contribution in [0.25, 0.3) is 0 Å². The zero-order valence-corrected chi connectivity index (χ0v) is 10.8. The number of benzene rings is 1. The number of ether oxygens (including phenoxy) is 1. The van der Waals surface area contributed by atoms with Gasteiger partial charge in [0.25, 0.3) is 5.91 Å². The van der Waals surface area contributed by atoms with Crippen molar-refractivity contribution in [3.8, 4) is 0 Å². The maximum atomic E-state index is 11.9. The molecule has 0 aliphatic carbocycles. The highest BCUT2D eigenvalue weighted by Crippen LogP contribution is 2.26. The van der Waals surface area contributed by atoms with Crippen molar-refractivity contribution in [3.05, 3.63) is 23.2 Å². The van der Waals surface area contributed by atoms with E-state index in [1.807, 2.05) is 0 Å². The van der Waals surface area contributed by atoms with Gasteiger partial charge in [-0.05, 0) is 18.2 Å². The molecule has 1 amide bonds. The maximum Gasteiger partial charge on any atom is 0.411 e. The van der Waals surface area contributed by atoms with Crippen LogP contribution in [0.15, 0.2) is 18.2 Å². The Morgan fingerprint density at radius 2 is 2.11 bits per heavy atom. The predicted molar refractivity (Wildman–Crippen MR) is 66.1 cm³/mol. The number of nitrogen functional groups attached to an aromatic ring is 1. The average molecular weight is 297 g/mol. The molecule has 0 aromatic heterocycles. The standard InChI is InChI=1S/C11H12ClF3N2O2/c1-17(9-4-7(12)2-3-8(9)16)10(18)5-19-6-11(13,14)15/h2-4H,5-6,16H2,1H3. The first kappa shape index (κ1) is 15.6. The summed E-state index contributed by atoms with van der Waals surface area (Å²) in [5, 5.41) is 0.361. The molecule has 0 atom stereocenters. The number of halogens is 4. The van der Waals surface area contributed by atoms with Gasteiger partial charge in [0.15, 0.2) is 0 Å². The number of alkyl halides is 3. The second-order valence-corrected chi connectivity index (χ2v) is 4.20. The van der Waals surface area contributed by atoms with Gasteiger partial charge >= 0.3 is 6.18 Å². The summed E-state index contributed by atoms with van der Waals surface area (Å²) in [4.78, 5) is 12.7. The highest BCUT2D eigenvalue weighted by molar-refractivity contribution is 6.31. The first-order valence-corrected chi connectivity index (χ1v) is 5.54. The van der Waals surface area contributed by atoms with Crippen molar-refractivity contribution in [3.63, 3.8) is 0 Å². The normalized spacial score (nSPS) is 11.4. The van der Waals surface area contributed by atoms with Crippen LogP contribution in [0.1, 0.15) is 0 Å². The molecule has 2 N–H and O–H groups in total. The van der Waals surface area contributed by atoms with Crippen LogP contribution in [-0.4, -0.2) is 32.3 Å². The van der Waals surface area contributed by atoms with Gasteiger partial charge in [-0.2, -0.15) is 13.2 Å². The Kier molecular flexibility index (Phi) is 5.02. The molecule has 1 rings (SSSR count). The van der Waals surface area contributed by atoms with Crippen molar-refractivity contribution in [2.24, 2.45) is 0 Å². The predicted octanol–water partition coefficient (Wildman–Crippen LogP) is 2.46. The summed E-state index contributed by atoms with van der Waals surface area (Å²) in [6.07, 6.45) is -4.46. The van der Waals surface area contributed by atoms with Crippen LogP contribution in [0.3, 0.4) is 0 Å². The van der Waals surface area contributed by atoms with Crippen LogP contribution >= 0.6 is 11.6 Å². The molecule has 4 nitrogen and oxygen atoms in total. The third-order valence-corrected chi connectivity index (χ3v) is 2.45. The van der Waals surface area contributed by atoms with Crippen molar-refractivity contribution < 1.29 is 22.7 Å². The van der Waals surface area contributed by atoms with Gasteiger partial charge < -0.3 is 15.4 Å². The largest absolute Gasteiger partial charge is 0.411 e. The third kappa shape index (κ3) is 4.96. The smallest absolute Gasteiger partial charge is 0.397 e. The molecule has 0 bridgehead atoms. The van der Waals surface area contributed by atoms with E-state index in [2.05, 4.69) is 4.74 Å². The minimum Gasteiger partial charge on any atom is -0.397 e. The number of anilines is 2. The Morgan fingerprint density at radius 3 is 2.68 bits per heavy atom. The van der Waals surface area contributed by atoms with Crippen LogP contribution in [-0.2, 0) is 9.53 Å². The van der Waals surface area contributed by atoms with Crippen molar-refractivity contribution in [1.29, 1.82) is 0 Å². The summed E-state index contributed by atoms with van der Waals surface area (Å²) in [7, 11) is 1.38. The lowest BCUT2D eigenvalue weighted by Crippen LogP contribution is -2.32. The number of hydrogen-bond donors (Lipinski definition) is 1. The summed E-state index contributed by atoms with van der Waals surface area (Å²) in [6.45, 7) is -2.17. The van der Waals surface area contributed by atoms with E-state index in [1.54, 1.807) is 6.07 Å². The van der Waals surface area contributed by atoms with Crippen LogP contribution in [0.5, 0.6) is 0 Å². The van der Waals surface area contributed by atoms with Gasteiger partial charge in [-0.25, -0.2) is 0 Å². The highest BCUT2D eigenvalue weighted by Gasteiger charge is 2.28. The first-order valence-electron chi connectivity index (χ1n) is 5.17. The molecular weight excluding hydrogens is 285 g/mol. The van der Waals surface area contributed by atoms with Crippen molar-refractivity contribution in [2.75, 3.05) is 30.9 Å². The Bertz CT molecular complexity index is 466. The van der Waals surface area contributed by atoms with Crippen LogP contribution in [0.2, 0.25) is 5.02 Å². The Labute approximate surface area is 112 Å². The molecule has 1 aromatic rings. The minimum atomic E-state index is -4.46. The van der Waals surface area contributed by atoms with Crippen molar-refractivity contribution in [1.82, 2.24) is 0 Å². The van der Waals surface area contributed by atoms with E-state index < -0.39 is 25.3 Å². The molecule has 0 aliphatic rings. The van der Waals surface area contributed by atoms with Gasteiger partial charge in [-0.15, -0.1) is 0 Å². The summed E-state index contributed by atoms with van der Waals surface area (Å²) >= 11 is 5.76. The number of carbonyl (C=O) groups is 1. The Morgan fingerprint density at radius 1 is 1.47 bits per heavy atom. The number of hydrogen-bond acceptors (Lipinski definition) is 3. The molecule has 1 aromatic carbocycles. The van der Waals surface area contributed by atoms with Gasteiger partial charge in [-0.3, -0.25) is 4.79 Å². The number of rotatable bonds is 4. The van der Waals surface area contributed by atoms with E-state index in [0.717, 1.165) is 4.90 Å². The second kappa shape index (κ2) is 6.12. The lowest BCUT2D eigenvalue weighted by Gasteiger charge is -2.19. The summed E-state index contributed by atoms with van der Waals surface area (Å²) in [6, 6.07) is 4.48. The number of nitrogens with zero attached hydrogens (tertiary/aromatic N) is 1. The number of carbonyl (C=O) groups excluding carboxylic acids is 1. The van der Waals surface area contributed by atoms with Gasteiger partial charge in [-0.1, -0.05) is 11.6 Å². The van der Waals surface area contributed by atoms with E-state index in [9.17, 15) is 18.0 Å². The molecule has 0 saturated carbocycles. The number of likely N-dealkylation sites (N-methyl/N-ethyl adjacent to an activating group) is 1. The van der Waals surface area contributed by atoms with Crippen LogP contribution in [0.4, 0.5) is 24.5 Å². The molecule has 19 heavy (non-hydrogen) atoms. The Hall–Kier alpha value is -1.47. The van der Waals surface area contributed by atoms with Gasteiger partial charge in [0.05, 0.1) is 11.4 Å². The average Bonchev–Trinajstić information content (AvgIpc) is 2.29. The van der Waals surface area contributed by atoms with E-state index in [0.29, 0.717) is 10.7 Å². The van der Waals surface area contributed by atoms with Crippen molar-refractivity contribution >= 4 is 28.9 Å². The number of nitrogens with two attached hydrogens (primary N) is 1. The highest BCUT2D eigenvalue weighted by atomic mass is 35.5. The molecule has 8 heteroatoms. The maximum absolute atomic E-state index is 11.9. The van der Waals surface area contributed by atoms with E-state index in [4.69, 9.17) is 17.3 Å². The minimum absolute atomic E-state index is 0.288.